The van der Waals surface area contributed by atoms with Crippen LogP contribution in [0.1, 0.15) is 19.4 Å². The molecule has 0 unspecified atom stereocenters. The lowest BCUT2D eigenvalue weighted by Gasteiger charge is -2.11. The van der Waals surface area contributed by atoms with Crippen molar-refractivity contribution in [2.24, 2.45) is 0 Å². The van der Waals surface area contributed by atoms with E-state index in [2.05, 4.69) is 9.71 Å². The van der Waals surface area contributed by atoms with E-state index in [4.69, 9.17) is 0 Å². The highest BCUT2D eigenvalue weighted by molar-refractivity contribution is 7.92. The van der Waals surface area contributed by atoms with Gasteiger partial charge in [-0.15, -0.1) is 0 Å². The number of rotatable bonds is 5. The van der Waals surface area contributed by atoms with Gasteiger partial charge in [0.05, 0.1) is 17.6 Å². The Hall–Kier alpha value is -1.14. The molecule has 0 bridgehead atoms. The molecule has 18 heavy (non-hydrogen) atoms. The first-order valence-electron chi connectivity index (χ1n) is 5.96. The first kappa shape index (κ1) is 16.9. The summed E-state index contributed by atoms with van der Waals surface area (Å²) in [5.41, 5.74) is 1.44. The molecule has 0 amide bonds. The van der Waals surface area contributed by atoms with E-state index in [1.807, 2.05) is 39.8 Å². The highest BCUT2D eigenvalue weighted by Gasteiger charge is 2.10. The maximum atomic E-state index is 11.7. The molecule has 1 heterocycles. The van der Waals surface area contributed by atoms with E-state index in [0.29, 0.717) is 12.2 Å². The van der Waals surface area contributed by atoms with Crippen molar-refractivity contribution in [2.45, 2.75) is 20.8 Å². The summed E-state index contributed by atoms with van der Waals surface area (Å²) in [6.45, 7) is 6.36. The Morgan fingerprint density at radius 1 is 1.28 bits per heavy atom. The molecule has 0 aliphatic rings. The van der Waals surface area contributed by atoms with Crippen LogP contribution in [-0.4, -0.2) is 44.7 Å². The molecule has 6 heteroatoms. The van der Waals surface area contributed by atoms with Crippen LogP contribution in [0.5, 0.6) is 0 Å². The molecule has 0 radical (unpaired) electrons. The summed E-state index contributed by atoms with van der Waals surface area (Å²) in [7, 11) is 0.396. The molecule has 5 nitrogen and oxygen atoms in total. The zero-order chi connectivity index (χ0) is 14.2. The van der Waals surface area contributed by atoms with Crippen molar-refractivity contribution in [1.82, 2.24) is 9.88 Å². The number of aryl methyl sites for hydroxylation is 1. The third-order valence-electron chi connectivity index (χ3n) is 1.96. The predicted octanol–water partition coefficient (Wildman–Crippen LogP) is 1.72. The lowest BCUT2D eigenvalue weighted by molar-refractivity contribution is 0.432. The lowest BCUT2D eigenvalue weighted by Crippen LogP contribution is -2.26. The maximum absolute atomic E-state index is 11.7. The molecule has 0 saturated carbocycles. The van der Waals surface area contributed by atoms with Gasteiger partial charge < -0.3 is 4.90 Å². The van der Waals surface area contributed by atoms with Crippen molar-refractivity contribution in [3.8, 4) is 0 Å². The largest absolute Gasteiger partial charge is 0.308 e. The third-order valence-corrected chi connectivity index (χ3v) is 3.22. The van der Waals surface area contributed by atoms with Crippen LogP contribution in [0.4, 0.5) is 5.69 Å². The van der Waals surface area contributed by atoms with Gasteiger partial charge in [0.15, 0.2) is 0 Å². The average molecular weight is 273 g/mol. The zero-order valence-corrected chi connectivity index (χ0v) is 12.6. The molecule has 1 N–H and O–H groups in total. The van der Waals surface area contributed by atoms with Gasteiger partial charge in [-0.3, -0.25) is 9.71 Å². The maximum Gasteiger partial charge on any atom is 0.234 e. The van der Waals surface area contributed by atoms with Crippen molar-refractivity contribution in [3.63, 3.8) is 0 Å². The van der Waals surface area contributed by atoms with Crippen LogP contribution >= 0.6 is 0 Å². The number of pyridine rings is 1. The number of hydrogen-bond acceptors (Lipinski definition) is 4. The number of nitrogens with one attached hydrogen (secondary N) is 1. The van der Waals surface area contributed by atoms with Crippen molar-refractivity contribution >= 4 is 15.7 Å². The van der Waals surface area contributed by atoms with E-state index in [1.54, 1.807) is 12.3 Å². The molecule has 0 aliphatic heterocycles. The molecule has 0 aliphatic carbocycles. The second-order valence-corrected chi connectivity index (χ2v) is 5.82. The van der Waals surface area contributed by atoms with Gasteiger partial charge in [0.1, 0.15) is 0 Å². The fourth-order valence-corrected chi connectivity index (χ4v) is 2.32. The van der Waals surface area contributed by atoms with E-state index in [9.17, 15) is 8.42 Å². The fraction of sp³-hybridized carbons (Fsp3) is 0.583. The summed E-state index contributed by atoms with van der Waals surface area (Å²) < 4.78 is 25.8. The molecule has 1 rings (SSSR count). The van der Waals surface area contributed by atoms with E-state index in [0.717, 1.165) is 5.56 Å². The van der Waals surface area contributed by atoms with Gasteiger partial charge in [0, 0.05) is 12.7 Å². The van der Waals surface area contributed by atoms with E-state index in [1.165, 1.54) is 6.20 Å². The summed E-state index contributed by atoms with van der Waals surface area (Å²) in [5.74, 6) is 0.0773. The van der Waals surface area contributed by atoms with Crippen LogP contribution in [0, 0.1) is 6.92 Å². The predicted molar refractivity (Wildman–Crippen MR) is 76.3 cm³/mol. The number of sulfonamides is 1. The fourth-order valence-electron chi connectivity index (χ4n) is 1.14. The summed E-state index contributed by atoms with van der Waals surface area (Å²) in [6, 6.07) is 1.75. The van der Waals surface area contributed by atoms with Crippen LogP contribution in [0.15, 0.2) is 18.5 Å². The topological polar surface area (TPSA) is 62.3 Å². The number of hydrogen-bond donors (Lipinski definition) is 1. The second-order valence-electron chi connectivity index (χ2n) is 3.98. The summed E-state index contributed by atoms with van der Waals surface area (Å²) >= 11 is 0. The summed E-state index contributed by atoms with van der Waals surface area (Å²) in [4.78, 5) is 5.75. The SMILES string of the molecule is CC.Cc1cncc(NS(=O)(=O)CCN(C)C)c1. The minimum Gasteiger partial charge on any atom is -0.308 e. The van der Waals surface area contributed by atoms with Crippen molar-refractivity contribution in [2.75, 3.05) is 31.1 Å². The van der Waals surface area contributed by atoms with Gasteiger partial charge in [-0.05, 0) is 32.6 Å². The average Bonchev–Trinajstić information content (AvgIpc) is 2.29. The molecular weight excluding hydrogens is 250 g/mol. The number of aromatic nitrogens is 1. The quantitative estimate of drug-likeness (QED) is 0.887. The number of nitrogens with zero attached hydrogens (tertiary/aromatic N) is 2. The Labute approximate surface area is 110 Å². The van der Waals surface area contributed by atoms with Crippen molar-refractivity contribution in [3.05, 3.63) is 24.0 Å². The van der Waals surface area contributed by atoms with Gasteiger partial charge in [0.2, 0.25) is 10.0 Å². The van der Waals surface area contributed by atoms with Crippen LogP contribution in [0.3, 0.4) is 0 Å². The molecule has 0 aromatic carbocycles. The Kier molecular flexibility index (Phi) is 7.54. The molecular formula is C12H23N3O2S. The van der Waals surface area contributed by atoms with Gasteiger partial charge >= 0.3 is 0 Å². The van der Waals surface area contributed by atoms with E-state index in [-0.39, 0.29) is 5.75 Å². The van der Waals surface area contributed by atoms with E-state index >= 15 is 0 Å². The second kappa shape index (κ2) is 8.05. The molecule has 104 valence electrons. The van der Waals surface area contributed by atoms with Gasteiger partial charge in [0.25, 0.3) is 0 Å². The normalized spacial score (nSPS) is 10.8. The standard InChI is InChI=1S/C10H17N3O2S.C2H6/c1-9-6-10(8-11-7-9)12-16(14,15)5-4-13(2)3;1-2/h6-8,12H,4-5H2,1-3H3;1-2H3. The monoisotopic (exact) mass is 273 g/mol. The summed E-state index contributed by atoms with van der Waals surface area (Å²) in [6.07, 6.45) is 3.18. The van der Waals surface area contributed by atoms with Crippen molar-refractivity contribution in [1.29, 1.82) is 0 Å². The molecule has 1 aromatic rings. The number of anilines is 1. The van der Waals surface area contributed by atoms with Crippen LogP contribution in [-0.2, 0) is 10.0 Å². The first-order valence-corrected chi connectivity index (χ1v) is 7.61. The molecule has 0 spiro atoms. The Morgan fingerprint density at radius 2 is 1.89 bits per heavy atom. The van der Waals surface area contributed by atoms with Crippen LogP contribution in [0.25, 0.3) is 0 Å². The first-order chi connectivity index (χ1) is 8.39. The molecule has 1 aromatic heterocycles. The zero-order valence-electron chi connectivity index (χ0n) is 11.8. The molecule has 0 fully saturated rings. The Bertz CT molecular complexity index is 444. The highest BCUT2D eigenvalue weighted by atomic mass is 32.2. The van der Waals surface area contributed by atoms with Crippen LogP contribution in [0.2, 0.25) is 0 Å². The van der Waals surface area contributed by atoms with E-state index < -0.39 is 10.0 Å². The minimum atomic E-state index is -3.28. The highest BCUT2D eigenvalue weighted by Crippen LogP contribution is 2.09. The lowest BCUT2D eigenvalue weighted by atomic mass is 10.3. The summed E-state index contributed by atoms with van der Waals surface area (Å²) in [5, 5.41) is 0. The third kappa shape index (κ3) is 7.24. The smallest absolute Gasteiger partial charge is 0.234 e. The molecule has 0 atom stereocenters. The van der Waals surface area contributed by atoms with Gasteiger partial charge in [-0.2, -0.15) is 0 Å². The minimum absolute atomic E-state index is 0.0773. The Morgan fingerprint density at radius 3 is 2.39 bits per heavy atom. The van der Waals surface area contributed by atoms with Gasteiger partial charge in [-0.25, -0.2) is 8.42 Å². The van der Waals surface area contributed by atoms with Crippen molar-refractivity contribution < 1.29 is 8.42 Å². The Balaban J connectivity index is 0.00000137. The van der Waals surface area contributed by atoms with Crippen LogP contribution < -0.4 is 4.72 Å². The van der Waals surface area contributed by atoms with Gasteiger partial charge in [-0.1, -0.05) is 13.8 Å². The molecule has 0 saturated heterocycles.